The Balaban J connectivity index is 1.39. The quantitative estimate of drug-likeness (QED) is 0.392. The molecule has 0 fully saturated rings. The average Bonchev–Trinajstić information content (AvgIpc) is 2.84. The Kier molecular flexibility index (Phi) is 6.74. The Morgan fingerprint density at radius 2 is 1.67 bits per heavy atom. The standard InChI is InChI=1S/C27H25NO5/c1-3-4-18-5-11-21(12-6-18)32-17-27(30)28-20-9-7-19(8-10-20)26-16-24(29)23-15-22(31-2)13-14-25(23)33-26/h5-16H,3-4,17H2,1-2H3,(H,28,30). The first-order valence-corrected chi connectivity index (χ1v) is 10.8. The summed E-state index contributed by atoms with van der Waals surface area (Å²) in [6.45, 7) is 2.05. The Hall–Kier alpha value is -4.06. The molecule has 0 saturated heterocycles. The second-order valence-corrected chi connectivity index (χ2v) is 7.65. The lowest BCUT2D eigenvalue weighted by atomic mass is 10.1. The van der Waals surface area contributed by atoms with Gasteiger partial charge in [0.1, 0.15) is 22.8 Å². The van der Waals surface area contributed by atoms with Crippen molar-refractivity contribution < 1.29 is 18.7 Å². The maximum absolute atomic E-state index is 12.5. The average molecular weight is 443 g/mol. The van der Waals surface area contributed by atoms with Crippen molar-refractivity contribution in [3.8, 4) is 22.8 Å². The molecule has 0 aliphatic carbocycles. The van der Waals surface area contributed by atoms with E-state index in [0.717, 1.165) is 18.4 Å². The third kappa shape index (κ3) is 5.41. The molecule has 0 bridgehead atoms. The van der Waals surface area contributed by atoms with Crippen molar-refractivity contribution in [2.24, 2.45) is 0 Å². The normalized spacial score (nSPS) is 10.7. The third-order valence-electron chi connectivity index (χ3n) is 5.22. The van der Waals surface area contributed by atoms with Crippen LogP contribution in [0, 0.1) is 0 Å². The molecule has 1 aromatic heterocycles. The predicted molar refractivity (Wildman–Crippen MR) is 129 cm³/mol. The maximum atomic E-state index is 12.5. The smallest absolute Gasteiger partial charge is 0.262 e. The van der Waals surface area contributed by atoms with Crippen LogP contribution in [-0.4, -0.2) is 19.6 Å². The summed E-state index contributed by atoms with van der Waals surface area (Å²) >= 11 is 0. The summed E-state index contributed by atoms with van der Waals surface area (Å²) in [5.41, 5.74) is 2.93. The zero-order chi connectivity index (χ0) is 23.2. The number of ether oxygens (including phenoxy) is 2. The summed E-state index contributed by atoms with van der Waals surface area (Å²) < 4.78 is 16.6. The highest BCUT2D eigenvalue weighted by molar-refractivity contribution is 5.92. The highest BCUT2D eigenvalue weighted by Gasteiger charge is 2.09. The van der Waals surface area contributed by atoms with Crippen molar-refractivity contribution in [2.45, 2.75) is 19.8 Å². The van der Waals surface area contributed by atoms with Crippen LogP contribution in [0.4, 0.5) is 5.69 Å². The van der Waals surface area contributed by atoms with Gasteiger partial charge in [-0.3, -0.25) is 9.59 Å². The fourth-order valence-corrected chi connectivity index (χ4v) is 3.51. The van der Waals surface area contributed by atoms with Gasteiger partial charge in [0.2, 0.25) is 0 Å². The highest BCUT2D eigenvalue weighted by Crippen LogP contribution is 2.25. The molecule has 1 N–H and O–H groups in total. The number of hydrogen-bond donors (Lipinski definition) is 1. The molecule has 0 unspecified atom stereocenters. The van der Waals surface area contributed by atoms with Crippen molar-refractivity contribution in [1.82, 2.24) is 0 Å². The van der Waals surface area contributed by atoms with Crippen LogP contribution in [0.15, 0.2) is 82.0 Å². The van der Waals surface area contributed by atoms with Gasteiger partial charge in [-0.25, -0.2) is 0 Å². The van der Waals surface area contributed by atoms with Crippen molar-refractivity contribution in [3.05, 3.63) is 88.6 Å². The Morgan fingerprint density at radius 1 is 0.939 bits per heavy atom. The Labute approximate surface area is 191 Å². The molecule has 0 atom stereocenters. The predicted octanol–water partition coefficient (Wildman–Crippen LogP) is 5.44. The fourth-order valence-electron chi connectivity index (χ4n) is 3.51. The molecule has 3 aromatic carbocycles. The molecule has 4 aromatic rings. The monoisotopic (exact) mass is 443 g/mol. The lowest BCUT2D eigenvalue weighted by Gasteiger charge is -2.09. The van der Waals surface area contributed by atoms with Gasteiger partial charge in [-0.05, 0) is 66.6 Å². The Bertz CT molecular complexity index is 1310. The highest BCUT2D eigenvalue weighted by atomic mass is 16.5. The summed E-state index contributed by atoms with van der Waals surface area (Å²) in [7, 11) is 1.55. The van der Waals surface area contributed by atoms with Crippen LogP contribution in [0.5, 0.6) is 11.5 Å². The number of methoxy groups -OCH3 is 1. The molecule has 0 saturated carbocycles. The van der Waals surface area contributed by atoms with E-state index in [1.54, 1.807) is 49.6 Å². The van der Waals surface area contributed by atoms with Crippen LogP contribution >= 0.6 is 0 Å². The summed E-state index contributed by atoms with van der Waals surface area (Å²) in [4.78, 5) is 24.8. The molecule has 4 rings (SSSR count). The summed E-state index contributed by atoms with van der Waals surface area (Å²) in [6.07, 6.45) is 2.11. The van der Waals surface area contributed by atoms with E-state index in [-0.39, 0.29) is 17.9 Å². The van der Waals surface area contributed by atoms with Gasteiger partial charge >= 0.3 is 0 Å². The van der Waals surface area contributed by atoms with Crippen LogP contribution in [-0.2, 0) is 11.2 Å². The maximum Gasteiger partial charge on any atom is 0.262 e. The third-order valence-corrected chi connectivity index (χ3v) is 5.22. The largest absolute Gasteiger partial charge is 0.497 e. The van der Waals surface area contributed by atoms with Crippen LogP contribution in [0.2, 0.25) is 0 Å². The number of carbonyl (C=O) groups excluding carboxylic acids is 1. The molecular weight excluding hydrogens is 418 g/mol. The van der Waals surface area contributed by atoms with Crippen LogP contribution in [0.3, 0.4) is 0 Å². The first-order chi connectivity index (χ1) is 16.1. The minimum Gasteiger partial charge on any atom is -0.497 e. The Morgan fingerprint density at radius 3 is 2.36 bits per heavy atom. The van der Waals surface area contributed by atoms with Gasteiger partial charge in [-0.2, -0.15) is 0 Å². The van der Waals surface area contributed by atoms with Gasteiger partial charge < -0.3 is 19.2 Å². The molecular formula is C27H25NO5. The van der Waals surface area contributed by atoms with Crippen molar-refractivity contribution in [1.29, 1.82) is 0 Å². The van der Waals surface area contributed by atoms with Gasteiger partial charge in [0, 0.05) is 17.3 Å². The summed E-state index contributed by atoms with van der Waals surface area (Å²) in [5.74, 6) is 1.45. The number of nitrogens with one attached hydrogen (secondary N) is 1. The van der Waals surface area contributed by atoms with Gasteiger partial charge in [-0.15, -0.1) is 0 Å². The molecule has 6 nitrogen and oxygen atoms in total. The minimum absolute atomic E-state index is 0.0854. The van der Waals surface area contributed by atoms with Crippen LogP contribution in [0.1, 0.15) is 18.9 Å². The van der Waals surface area contributed by atoms with E-state index in [4.69, 9.17) is 13.9 Å². The van der Waals surface area contributed by atoms with Gasteiger partial charge in [0.05, 0.1) is 12.5 Å². The molecule has 33 heavy (non-hydrogen) atoms. The van der Waals surface area contributed by atoms with Gasteiger partial charge in [0.25, 0.3) is 5.91 Å². The lowest BCUT2D eigenvalue weighted by molar-refractivity contribution is -0.118. The number of fused-ring (bicyclic) bond motifs is 1. The second kappa shape index (κ2) is 10.0. The first-order valence-electron chi connectivity index (χ1n) is 10.8. The first kappa shape index (κ1) is 22.1. The van der Waals surface area contributed by atoms with E-state index >= 15 is 0 Å². The van der Waals surface area contributed by atoms with E-state index in [1.165, 1.54) is 11.6 Å². The number of rotatable bonds is 8. The summed E-state index contributed by atoms with van der Waals surface area (Å²) in [6, 6.07) is 21.4. The minimum atomic E-state index is -0.258. The van der Waals surface area contributed by atoms with E-state index in [0.29, 0.717) is 33.9 Å². The van der Waals surface area contributed by atoms with E-state index in [1.807, 2.05) is 24.3 Å². The van der Waals surface area contributed by atoms with Gasteiger partial charge in [-0.1, -0.05) is 25.5 Å². The molecule has 1 heterocycles. The van der Waals surface area contributed by atoms with Crippen molar-refractivity contribution >= 4 is 22.6 Å². The number of benzene rings is 3. The topological polar surface area (TPSA) is 77.8 Å². The van der Waals surface area contributed by atoms with Crippen molar-refractivity contribution in [2.75, 3.05) is 19.0 Å². The van der Waals surface area contributed by atoms with Crippen LogP contribution < -0.4 is 20.2 Å². The molecule has 168 valence electrons. The second-order valence-electron chi connectivity index (χ2n) is 7.65. The van der Waals surface area contributed by atoms with E-state index in [9.17, 15) is 9.59 Å². The number of carbonyl (C=O) groups is 1. The molecule has 1 amide bonds. The molecule has 0 aliphatic heterocycles. The molecule has 6 heteroatoms. The van der Waals surface area contributed by atoms with E-state index in [2.05, 4.69) is 12.2 Å². The molecule has 0 radical (unpaired) electrons. The van der Waals surface area contributed by atoms with E-state index < -0.39 is 0 Å². The summed E-state index contributed by atoms with van der Waals surface area (Å²) in [5, 5.41) is 3.27. The fraction of sp³-hybridized carbons (Fsp3) is 0.185. The number of anilines is 1. The number of hydrogen-bond acceptors (Lipinski definition) is 5. The lowest BCUT2D eigenvalue weighted by Crippen LogP contribution is -2.20. The number of aryl methyl sites for hydroxylation is 1. The zero-order valence-electron chi connectivity index (χ0n) is 18.6. The van der Waals surface area contributed by atoms with Crippen LogP contribution in [0.25, 0.3) is 22.3 Å². The zero-order valence-corrected chi connectivity index (χ0v) is 18.6. The number of amides is 1. The SMILES string of the molecule is CCCc1ccc(OCC(=O)Nc2ccc(-c3cc(=O)c4cc(OC)ccc4o3)cc2)cc1. The molecule has 0 aliphatic rings. The van der Waals surface area contributed by atoms with Crippen molar-refractivity contribution in [3.63, 3.8) is 0 Å². The molecule has 0 spiro atoms. The van der Waals surface area contributed by atoms with Gasteiger partial charge in [0.15, 0.2) is 12.0 Å².